The first-order valence-corrected chi connectivity index (χ1v) is 4.66. The molecule has 0 bridgehead atoms. The summed E-state index contributed by atoms with van der Waals surface area (Å²) in [6, 6.07) is 1.75. The van der Waals surface area contributed by atoms with Crippen LogP contribution in [0.1, 0.15) is 21.8 Å². The van der Waals surface area contributed by atoms with E-state index in [1.165, 1.54) is 6.20 Å². The number of amides is 1. The molecule has 0 aliphatic heterocycles. The molecule has 0 unspecified atom stereocenters. The molecule has 0 aliphatic carbocycles. The first kappa shape index (κ1) is 10.2. The van der Waals surface area contributed by atoms with E-state index in [4.69, 9.17) is 10.3 Å². The van der Waals surface area contributed by atoms with Gasteiger partial charge in [-0.1, -0.05) is 5.16 Å². The smallest absolute Gasteiger partial charge is 0.257 e. The van der Waals surface area contributed by atoms with Gasteiger partial charge in [0.1, 0.15) is 11.4 Å². The molecule has 16 heavy (non-hydrogen) atoms. The Labute approximate surface area is 91.0 Å². The quantitative estimate of drug-likeness (QED) is 0.686. The van der Waals surface area contributed by atoms with Crippen molar-refractivity contribution >= 4 is 11.7 Å². The Bertz CT molecular complexity index is 501. The summed E-state index contributed by atoms with van der Waals surface area (Å²) in [4.78, 5) is 11.6. The Hall–Kier alpha value is -2.31. The molecule has 0 atom stereocenters. The van der Waals surface area contributed by atoms with Crippen molar-refractivity contribution in [1.29, 1.82) is 0 Å². The number of nitrogen functional groups attached to an aromatic ring is 1. The van der Waals surface area contributed by atoms with Gasteiger partial charge in [-0.2, -0.15) is 5.10 Å². The average Bonchev–Trinajstić information content (AvgIpc) is 2.84. The van der Waals surface area contributed by atoms with E-state index in [0.717, 1.165) is 5.69 Å². The van der Waals surface area contributed by atoms with E-state index < -0.39 is 0 Å². The highest BCUT2D eigenvalue weighted by Gasteiger charge is 2.11. The lowest BCUT2D eigenvalue weighted by Crippen LogP contribution is -2.23. The number of nitrogens with zero attached hydrogens (tertiary/aromatic N) is 2. The highest BCUT2D eigenvalue weighted by molar-refractivity contribution is 5.97. The van der Waals surface area contributed by atoms with Gasteiger partial charge in [0.15, 0.2) is 5.76 Å². The number of H-pyrrole nitrogens is 1. The summed E-state index contributed by atoms with van der Waals surface area (Å²) in [7, 11) is 0. The van der Waals surface area contributed by atoms with Crippen LogP contribution in [0.3, 0.4) is 0 Å². The number of hydrogen-bond acceptors (Lipinski definition) is 5. The van der Waals surface area contributed by atoms with Crippen molar-refractivity contribution in [3.05, 3.63) is 29.3 Å². The third kappa shape index (κ3) is 2.02. The van der Waals surface area contributed by atoms with Gasteiger partial charge in [-0.25, -0.2) is 0 Å². The zero-order valence-electron chi connectivity index (χ0n) is 8.65. The number of anilines is 1. The molecule has 0 aliphatic rings. The van der Waals surface area contributed by atoms with E-state index in [1.807, 2.05) is 6.92 Å². The molecule has 7 heteroatoms. The molecule has 0 radical (unpaired) electrons. The average molecular weight is 221 g/mol. The minimum atomic E-state index is -0.305. The van der Waals surface area contributed by atoms with Crippen molar-refractivity contribution in [2.75, 3.05) is 5.73 Å². The largest absolute Gasteiger partial charge is 0.383 e. The Kier molecular flexibility index (Phi) is 2.59. The Balaban J connectivity index is 1.96. The van der Waals surface area contributed by atoms with E-state index >= 15 is 0 Å². The van der Waals surface area contributed by atoms with Crippen LogP contribution in [0.25, 0.3) is 0 Å². The minimum Gasteiger partial charge on any atom is -0.383 e. The van der Waals surface area contributed by atoms with Gasteiger partial charge in [0.2, 0.25) is 0 Å². The fraction of sp³-hybridized carbons (Fsp3) is 0.222. The molecule has 0 saturated carbocycles. The van der Waals surface area contributed by atoms with Crippen LogP contribution in [0.15, 0.2) is 16.8 Å². The number of aromatic nitrogens is 3. The van der Waals surface area contributed by atoms with Gasteiger partial charge in [0.25, 0.3) is 5.91 Å². The third-order valence-corrected chi connectivity index (χ3v) is 2.01. The van der Waals surface area contributed by atoms with Gasteiger partial charge < -0.3 is 15.6 Å². The standard InChI is InChI=1S/C9H11N5O2/c1-5-2-6(16-14-5)3-11-9(15)7-4-12-13-8(7)10/h2,4H,3H2,1H3,(H,11,15)(H3,10,12,13). The van der Waals surface area contributed by atoms with Gasteiger partial charge in [-0.3, -0.25) is 9.89 Å². The van der Waals surface area contributed by atoms with Crippen molar-refractivity contribution in [2.24, 2.45) is 0 Å². The van der Waals surface area contributed by atoms with Crippen LogP contribution in [0.4, 0.5) is 5.82 Å². The molecule has 2 rings (SSSR count). The Morgan fingerprint density at radius 3 is 3.06 bits per heavy atom. The van der Waals surface area contributed by atoms with Crippen LogP contribution < -0.4 is 11.1 Å². The maximum atomic E-state index is 11.6. The lowest BCUT2D eigenvalue weighted by atomic mass is 10.3. The number of aromatic amines is 1. The molecular formula is C9H11N5O2. The molecule has 1 amide bonds. The molecule has 2 aromatic heterocycles. The Morgan fingerprint density at radius 2 is 2.50 bits per heavy atom. The normalized spacial score (nSPS) is 10.3. The topological polar surface area (TPSA) is 110 Å². The van der Waals surface area contributed by atoms with Gasteiger partial charge in [0.05, 0.1) is 18.4 Å². The number of carbonyl (C=O) groups is 1. The van der Waals surface area contributed by atoms with Gasteiger partial charge in [-0.15, -0.1) is 0 Å². The van der Waals surface area contributed by atoms with Crippen LogP contribution in [0, 0.1) is 6.92 Å². The molecule has 84 valence electrons. The number of hydrogen-bond donors (Lipinski definition) is 3. The van der Waals surface area contributed by atoms with Crippen molar-refractivity contribution in [3.8, 4) is 0 Å². The highest BCUT2D eigenvalue weighted by Crippen LogP contribution is 2.06. The molecule has 0 spiro atoms. The van der Waals surface area contributed by atoms with Crippen molar-refractivity contribution in [1.82, 2.24) is 20.7 Å². The van der Waals surface area contributed by atoms with E-state index in [9.17, 15) is 4.79 Å². The van der Waals surface area contributed by atoms with E-state index in [2.05, 4.69) is 20.7 Å². The molecule has 7 nitrogen and oxygen atoms in total. The summed E-state index contributed by atoms with van der Waals surface area (Å²) >= 11 is 0. The molecule has 2 heterocycles. The zero-order valence-corrected chi connectivity index (χ0v) is 8.65. The summed E-state index contributed by atoms with van der Waals surface area (Å²) < 4.78 is 4.94. The maximum absolute atomic E-state index is 11.6. The van der Waals surface area contributed by atoms with E-state index in [-0.39, 0.29) is 18.3 Å². The molecule has 4 N–H and O–H groups in total. The summed E-state index contributed by atoms with van der Waals surface area (Å²) in [5.74, 6) is 0.527. The zero-order chi connectivity index (χ0) is 11.5. The number of nitrogens with two attached hydrogens (primary N) is 1. The van der Waals surface area contributed by atoms with Gasteiger partial charge in [0, 0.05) is 6.07 Å². The van der Waals surface area contributed by atoms with Crippen LogP contribution in [-0.2, 0) is 6.54 Å². The number of rotatable bonds is 3. The van der Waals surface area contributed by atoms with Crippen molar-refractivity contribution < 1.29 is 9.32 Å². The van der Waals surface area contributed by atoms with Gasteiger partial charge in [-0.05, 0) is 6.92 Å². The molecule has 0 fully saturated rings. The second-order valence-electron chi connectivity index (χ2n) is 3.31. The van der Waals surface area contributed by atoms with Crippen LogP contribution in [0.5, 0.6) is 0 Å². The van der Waals surface area contributed by atoms with Crippen molar-refractivity contribution in [3.63, 3.8) is 0 Å². The molecule has 0 saturated heterocycles. The summed E-state index contributed by atoms with van der Waals surface area (Å²) in [6.45, 7) is 2.08. The molecular weight excluding hydrogens is 210 g/mol. The first-order valence-electron chi connectivity index (χ1n) is 4.66. The fourth-order valence-corrected chi connectivity index (χ4v) is 1.24. The predicted molar refractivity (Wildman–Crippen MR) is 55.4 cm³/mol. The first-order chi connectivity index (χ1) is 7.66. The molecule has 2 aromatic rings. The van der Waals surface area contributed by atoms with Crippen LogP contribution >= 0.6 is 0 Å². The minimum absolute atomic E-state index is 0.242. The monoisotopic (exact) mass is 221 g/mol. The predicted octanol–water partition coefficient (Wildman–Crippen LogP) is 0.218. The lowest BCUT2D eigenvalue weighted by Gasteiger charge is -2.00. The van der Waals surface area contributed by atoms with Gasteiger partial charge >= 0.3 is 0 Å². The third-order valence-electron chi connectivity index (χ3n) is 2.01. The van der Waals surface area contributed by atoms with Crippen LogP contribution in [0.2, 0.25) is 0 Å². The van der Waals surface area contributed by atoms with Crippen LogP contribution in [-0.4, -0.2) is 21.3 Å². The second-order valence-corrected chi connectivity index (χ2v) is 3.31. The van der Waals surface area contributed by atoms with E-state index in [1.54, 1.807) is 6.07 Å². The lowest BCUT2D eigenvalue weighted by molar-refractivity contribution is 0.0948. The number of carbonyl (C=O) groups excluding carboxylic acids is 1. The molecule has 0 aromatic carbocycles. The second kappa shape index (κ2) is 4.05. The maximum Gasteiger partial charge on any atom is 0.257 e. The number of aryl methyl sites for hydroxylation is 1. The summed E-state index contributed by atoms with van der Waals surface area (Å²) in [5.41, 5.74) is 6.59. The SMILES string of the molecule is Cc1cc(CNC(=O)c2cn[nH]c2N)on1. The summed E-state index contributed by atoms with van der Waals surface area (Å²) in [6.07, 6.45) is 1.37. The van der Waals surface area contributed by atoms with E-state index in [0.29, 0.717) is 11.3 Å². The number of nitrogens with one attached hydrogen (secondary N) is 2. The summed E-state index contributed by atoms with van der Waals surface area (Å²) in [5, 5.41) is 12.5. The van der Waals surface area contributed by atoms with Crippen molar-refractivity contribution in [2.45, 2.75) is 13.5 Å². The fourth-order valence-electron chi connectivity index (χ4n) is 1.24. The Morgan fingerprint density at radius 1 is 1.69 bits per heavy atom. The highest BCUT2D eigenvalue weighted by atomic mass is 16.5.